The fraction of sp³-hybridized carbons (Fsp3) is 0.462. The van der Waals surface area contributed by atoms with Crippen molar-refractivity contribution in [1.82, 2.24) is 0 Å². The number of methoxy groups -OCH3 is 1. The molecule has 0 aromatic heterocycles. The summed E-state index contributed by atoms with van der Waals surface area (Å²) in [6.07, 6.45) is 0.560. The molecule has 1 rings (SSSR count). The molecule has 1 atom stereocenters. The minimum absolute atomic E-state index is 0.180. The summed E-state index contributed by atoms with van der Waals surface area (Å²) in [6.45, 7) is 2.34. The molecule has 0 amide bonds. The normalized spacial score (nSPS) is 12.1. The van der Waals surface area contributed by atoms with Gasteiger partial charge in [0.25, 0.3) is 0 Å². The molecule has 0 spiro atoms. The Morgan fingerprint density at radius 2 is 2.24 bits per heavy atom. The van der Waals surface area contributed by atoms with E-state index in [2.05, 4.69) is 0 Å². The summed E-state index contributed by atoms with van der Waals surface area (Å²) >= 11 is 0. The van der Waals surface area contributed by atoms with Gasteiger partial charge >= 0.3 is 5.97 Å². The quantitative estimate of drug-likeness (QED) is 0.769. The Morgan fingerprint density at radius 3 is 2.82 bits per heavy atom. The van der Waals surface area contributed by atoms with Crippen molar-refractivity contribution < 1.29 is 19.4 Å². The number of phenols is 1. The Labute approximate surface area is 101 Å². The fourth-order valence-corrected chi connectivity index (χ4v) is 1.46. The standard InChI is InChI=1S/C13H18O4/c1-3-7-17-13(15)12(16-2)9-10-5-4-6-11(14)8-10/h4-6,8,12,14H,3,7,9H2,1-2H3. The van der Waals surface area contributed by atoms with E-state index in [-0.39, 0.29) is 11.7 Å². The number of hydrogen-bond donors (Lipinski definition) is 1. The van der Waals surface area contributed by atoms with Crippen LogP contribution in [0.4, 0.5) is 0 Å². The molecule has 0 radical (unpaired) electrons. The van der Waals surface area contributed by atoms with Crippen LogP contribution >= 0.6 is 0 Å². The molecule has 4 nitrogen and oxygen atoms in total. The van der Waals surface area contributed by atoms with Crippen LogP contribution in [0.15, 0.2) is 24.3 Å². The Morgan fingerprint density at radius 1 is 1.47 bits per heavy atom. The first-order valence-corrected chi connectivity index (χ1v) is 5.64. The maximum absolute atomic E-state index is 11.6. The third-order valence-electron chi connectivity index (χ3n) is 2.33. The fourth-order valence-electron chi connectivity index (χ4n) is 1.46. The lowest BCUT2D eigenvalue weighted by Gasteiger charge is -2.14. The van der Waals surface area contributed by atoms with Crippen LogP contribution in [0.2, 0.25) is 0 Å². The van der Waals surface area contributed by atoms with Gasteiger partial charge in [0.05, 0.1) is 6.61 Å². The van der Waals surface area contributed by atoms with Gasteiger partial charge in [0, 0.05) is 13.5 Å². The van der Waals surface area contributed by atoms with Gasteiger partial charge < -0.3 is 14.6 Å². The van der Waals surface area contributed by atoms with Crippen LogP contribution in [0.5, 0.6) is 5.75 Å². The maximum atomic E-state index is 11.6. The second-order valence-corrected chi connectivity index (χ2v) is 3.77. The second kappa shape index (κ2) is 6.91. The Hall–Kier alpha value is -1.55. The van der Waals surface area contributed by atoms with Gasteiger partial charge in [-0.05, 0) is 24.1 Å². The molecule has 1 N–H and O–H groups in total. The van der Waals surface area contributed by atoms with Crippen LogP contribution in [0.1, 0.15) is 18.9 Å². The van der Waals surface area contributed by atoms with Crippen molar-refractivity contribution in [2.45, 2.75) is 25.9 Å². The van der Waals surface area contributed by atoms with E-state index in [9.17, 15) is 9.90 Å². The summed E-state index contributed by atoms with van der Waals surface area (Å²) in [6, 6.07) is 6.76. The summed E-state index contributed by atoms with van der Waals surface area (Å²) in [5, 5.41) is 9.32. The Kier molecular flexibility index (Phi) is 5.49. The molecular formula is C13H18O4. The van der Waals surface area contributed by atoms with Crippen molar-refractivity contribution in [2.24, 2.45) is 0 Å². The van der Waals surface area contributed by atoms with E-state index < -0.39 is 6.10 Å². The number of esters is 1. The van der Waals surface area contributed by atoms with Crippen LogP contribution in [-0.2, 0) is 20.7 Å². The number of carbonyl (C=O) groups excluding carboxylic acids is 1. The van der Waals surface area contributed by atoms with E-state index in [1.807, 2.05) is 13.0 Å². The van der Waals surface area contributed by atoms with Crippen LogP contribution in [0, 0.1) is 0 Å². The maximum Gasteiger partial charge on any atom is 0.335 e. The van der Waals surface area contributed by atoms with Gasteiger partial charge in [-0.25, -0.2) is 4.79 Å². The highest BCUT2D eigenvalue weighted by Crippen LogP contribution is 2.14. The third kappa shape index (κ3) is 4.44. The van der Waals surface area contributed by atoms with Crippen molar-refractivity contribution in [2.75, 3.05) is 13.7 Å². The van der Waals surface area contributed by atoms with E-state index in [0.717, 1.165) is 12.0 Å². The van der Waals surface area contributed by atoms with Crippen LogP contribution in [0.25, 0.3) is 0 Å². The van der Waals surface area contributed by atoms with Gasteiger partial charge in [-0.15, -0.1) is 0 Å². The monoisotopic (exact) mass is 238 g/mol. The van der Waals surface area contributed by atoms with Crippen molar-refractivity contribution in [3.63, 3.8) is 0 Å². The molecule has 94 valence electrons. The highest BCUT2D eigenvalue weighted by molar-refractivity contribution is 5.75. The zero-order chi connectivity index (χ0) is 12.7. The first-order chi connectivity index (χ1) is 8.17. The van der Waals surface area contributed by atoms with Crippen molar-refractivity contribution in [3.05, 3.63) is 29.8 Å². The van der Waals surface area contributed by atoms with Crippen molar-refractivity contribution in [1.29, 1.82) is 0 Å². The van der Waals surface area contributed by atoms with Crippen molar-refractivity contribution in [3.8, 4) is 5.75 Å². The molecule has 17 heavy (non-hydrogen) atoms. The van der Waals surface area contributed by atoms with Gasteiger partial charge in [0.15, 0.2) is 6.10 Å². The average Bonchev–Trinajstić information content (AvgIpc) is 2.33. The highest BCUT2D eigenvalue weighted by atomic mass is 16.6. The van der Waals surface area contributed by atoms with E-state index >= 15 is 0 Å². The number of aromatic hydroxyl groups is 1. The van der Waals surface area contributed by atoms with Gasteiger partial charge in [-0.3, -0.25) is 0 Å². The molecule has 4 heteroatoms. The summed E-state index contributed by atoms with van der Waals surface area (Å²) in [7, 11) is 1.47. The zero-order valence-corrected chi connectivity index (χ0v) is 10.2. The predicted octanol–water partition coefficient (Wildman–Crippen LogP) is 1.90. The third-order valence-corrected chi connectivity index (χ3v) is 2.33. The largest absolute Gasteiger partial charge is 0.508 e. The molecule has 0 aliphatic rings. The predicted molar refractivity (Wildman–Crippen MR) is 63.9 cm³/mol. The molecule has 0 aliphatic carbocycles. The van der Waals surface area contributed by atoms with Gasteiger partial charge in [0.2, 0.25) is 0 Å². The summed E-state index contributed by atoms with van der Waals surface area (Å²) in [4.78, 5) is 11.6. The van der Waals surface area contributed by atoms with Gasteiger partial charge in [0.1, 0.15) is 5.75 Å². The van der Waals surface area contributed by atoms with E-state index in [4.69, 9.17) is 9.47 Å². The lowest BCUT2D eigenvalue weighted by Crippen LogP contribution is -2.27. The lowest BCUT2D eigenvalue weighted by atomic mass is 10.1. The number of hydrogen-bond acceptors (Lipinski definition) is 4. The van der Waals surface area contributed by atoms with Crippen LogP contribution in [0.3, 0.4) is 0 Å². The van der Waals surface area contributed by atoms with Crippen LogP contribution in [-0.4, -0.2) is 30.9 Å². The Balaban J connectivity index is 2.60. The molecule has 0 fully saturated rings. The Bertz CT molecular complexity index is 362. The van der Waals surface area contributed by atoms with E-state index in [1.165, 1.54) is 7.11 Å². The summed E-state index contributed by atoms with van der Waals surface area (Å²) in [5.74, 6) is -0.183. The molecule has 0 heterocycles. The molecule has 1 unspecified atom stereocenters. The molecule has 0 saturated carbocycles. The summed E-state index contributed by atoms with van der Waals surface area (Å²) < 4.78 is 10.1. The number of carbonyl (C=O) groups is 1. The van der Waals surface area contributed by atoms with E-state index in [1.54, 1.807) is 18.2 Å². The van der Waals surface area contributed by atoms with Crippen LogP contribution < -0.4 is 0 Å². The number of phenolic OH excluding ortho intramolecular Hbond substituents is 1. The minimum Gasteiger partial charge on any atom is -0.508 e. The first-order valence-electron chi connectivity index (χ1n) is 5.64. The highest BCUT2D eigenvalue weighted by Gasteiger charge is 2.19. The summed E-state index contributed by atoms with van der Waals surface area (Å²) in [5.41, 5.74) is 0.838. The second-order valence-electron chi connectivity index (χ2n) is 3.77. The molecule has 0 bridgehead atoms. The number of rotatable bonds is 6. The molecule has 0 aliphatic heterocycles. The molecular weight excluding hydrogens is 220 g/mol. The smallest absolute Gasteiger partial charge is 0.335 e. The SMILES string of the molecule is CCCOC(=O)C(Cc1cccc(O)c1)OC. The molecule has 0 saturated heterocycles. The van der Waals surface area contributed by atoms with Gasteiger partial charge in [-0.2, -0.15) is 0 Å². The topological polar surface area (TPSA) is 55.8 Å². The lowest BCUT2D eigenvalue weighted by molar-refractivity contribution is -0.155. The van der Waals surface area contributed by atoms with E-state index in [0.29, 0.717) is 13.0 Å². The van der Waals surface area contributed by atoms with Crippen molar-refractivity contribution >= 4 is 5.97 Å². The first kappa shape index (κ1) is 13.5. The minimum atomic E-state index is -0.622. The zero-order valence-electron chi connectivity index (χ0n) is 10.2. The van der Waals surface area contributed by atoms with Gasteiger partial charge in [-0.1, -0.05) is 19.1 Å². The molecule has 1 aromatic carbocycles. The molecule has 1 aromatic rings. The average molecular weight is 238 g/mol. The number of benzene rings is 1. The number of ether oxygens (including phenoxy) is 2.